The van der Waals surface area contributed by atoms with Gasteiger partial charge in [-0.15, -0.1) is 0 Å². The first-order valence-corrected chi connectivity index (χ1v) is 9.80. The Bertz CT molecular complexity index is 903. The van der Waals surface area contributed by atoms with Crippen LogP contribution in [-0.4, -0.2) is 38.8 Å². The van der Waals surface area contributed by atoms with E-state index in [0.29, 0.717) is 22.4 Å². The van der Waals surface area contributed by atoms with Gasteiger partial charge in [0.05, 0.1) is 12.0 Å². The molecule has 7 heteroatoms. The third kappa shape index (κ3) is 3.20. The maximum atomic E-state index is 13.5. The Kier molecular flexibility index (Phi) is 5.02. The molecule has 2 aromatic carbocycles. The number of aryl methyl sites for hydroxylation is 2. The van der Waals surface area contributed by atoms with Crippen molar-refractivity contribution in [2.75, 3.05) is 20.2 Å². The molecule has 1 amide bonds. The van der Waals surface area contributed by atoms with Gasteiger partial charge in [0.1, 0.15) is 11.8 Å². The average Bonchev–Trinajstić information content (AvgIpc) is 2.61. The summed E-state index contributed by atoms with van der Waals surface area (Å²) >= 11 is 0. The molecule has 2 aromatic rings. The van der Waals surface area contributed by atoms with E-state index in [-0.39, 0.29) is 23.9 Å². The van der Waals surface area contributed by atoms with E-state index in [9.17, 15) is 13.2 Å². The van der Waals surface area contributed by atoms with Crippen molar-refractivity contribution in [3.05, 3.63) is 59.2 Å². The van der Waals surface area contributed by atoms with Crippen LogP contribution in [0.25, 0.3) is 0 Å². The van der Waals surface area contributed by atoms with Crippen LogP contribution in [0, 0.1) is 13.8 Å². The van der Waals surface area contributed by atoms with Crippen LogP contribution in [0.1, 0.15) is 22.7 Å². The minimum atomic E-state index is -3.86. The van der Waals surface area contributed by atoms with Gasteiger partial charge >= 0.3 is 0 Å². The van der Waals surface area contributed by atoms with E-state index in [4.69, 9.17) is 4.74 Å². The van der Waals surface area contributed by atoms with Crippen LogP contribution in [0.3, 0.4) is 0 Å². The molecule has 1 aliphatic rings. The summed E-state index contributed by atoms with van der Waals surface area (Å²) in [5.41, 5.74) is 1.84. The number of rotatable bonds is 4. The number of amides is 1. The predicted octanol–water partition coefficient (Wildman–Crippen LogP) is 2.17. The number of hydrogen-bond donors (Lipinski definition) is 1. The van der Waals surface area contributed by atoms with Crippen molar-refractivity contribution in [3.8, 4) is 5.75 Å². The Labute approximate surface area is 153 Å². The lowest BCUT2D eigenvalue weighted by Gasteiger charge is -2.35. The zero-order valence-electron chi connectivity index (χ0n) is 15.0. The van der Waals surface area contributed by atoms with Gasteiger partial charge in [-0.05, 0) is 42.7 Å². The van der Waals surface area contributed by atoms with Crippen LogP contribution in [0.2, 0.25) is 0 Å². The van der Waals surface area contributed by atoms with E-state index in [2.05, 4.69) is 5.32 Å². The summed E-state index contributed by atoms with van der Waals surface area (Å²) in [4.78, 5) is 12.7. The molecule has 26 heavy (non-hydrogen) atoms. The largest absolute Gasteiger partial charge is 0.497 e. The first-order valence-electron chi connectivity index (χ1n) is 8.36. The monoisotopic (exact) mass is 374 g/mol. The second-order valence-corrected chi connectivity index (χ2v) is 8.14. The summed E-state index contributed by atoms with van der Waals surface area (Å²) in [5, 5.41) is 2.77. The van der Waals surface area contributed by atoms with Crippen molar-refractivity contribution < 1.29 is 17.9 Å². The van der Waals surface area contributed by atoms with Crippen LogP contribution >= 0.6 is 0 Å². The van der Waals surface area contributed by atoms with E-state index in [1.54, 1.807) is 57.4 Å². The molecule has 0 aliphatic carbocycles. The number of nitrogens with one attached hydrogen (secondary N) is 1. The maximum absolute atomic E-state index is 13.5. The van der Waals surface area contributed by atoms with E-state index < -0.39 is 16.1 Å². The molecular formula is C19H22N2O4S. The molecule has 138 valence electrons. The molecular weight excluding hydrogens is 352 g/mol. The number of carbonyl (C=O) groups is 1. The van der Waals surface area contributed by atoms with E-state index in [1.807, 2.05) is 6.07 Å². The summed E-state index contributed by atoms with van der Waals surface area (Å²) in [6, 6.07) is 11.5. The van der Waals surface area contributed by atoms with Crippen molar-refractivity contribution in [2.45, 2.75) is 24.8 Å². The van der Waals surface area contributed by atoms with Crippen LogP contribution in [0.4, 0.5) is 0 Å². The molecule has 0 bridgehead atoms. The first-order chi connectivity index (χ1) is 12.4. The number of piperazine rings is 1. The molecule has 0 radical (unpaired) electrons. The van der Waals surface area contributed by atoms with Gasteiger partial charge < -0.3 is 10.1 Å². The van der Waals surface area contributed by atoms with Crippen molar-refractivity contribution in [3.63, 3.8) is 0 Å². The zero-order valence-corrected chi connectivity index (χ0v) is 15.8. The molecule has 1 fully saturated rings. The quantitative estimate of drug-likeness (QED) is 0.890. The van der Waals surface area contributed by atoms with Crippen LogP contribution in [0.5, 0.6) is 5.75 Å². The second-order valence-electron chi connectivity index (χ2n) is 6.31. The molecule has 1 atom stereocenters. The third-order valence-corrected chi connectivity index (χ3v) is 6.69. The Morgan fingerprint density at radius 3 is 2.31 bits per heavy atom. The van der Waals surface area contributed by atoms with Crippen LogP contribution in [0.15, 0.2) is 47.4 Å². The molecule has 0 spiro atoms. The van der Waals surface area contributed by atoms with Gasteiger partial charge in [0.2, 0.25) is 15.9 Å². The van der Waals surface area contributed by atoms with Gasteiger partial charge in [0.15, 0.2) is 0 Å². The molecule has 0 aromatic heterocycles. The maximum Gasteiger partial charge on any atom is 0.244 e. The minimum absolute atomic E-state index is 0.221. The van der Waals surface area contributed by atoms with E-state index in [1.165, 1.54) is 4.31 Å². The van der Waals surface area contributed by atoms with Gasteiger partial charge in [0.25, 0.3) is 0 Å². The summed E-state index contributed by atoms with van der Waals surface area (Å²) in [5.74, 6) is 0.296. The fraction of sp³-hybridized carbons (Fsp3) is 0.316. The van der Waals surface area contributed by atoms with Gasteiger partial charge in [-0.25, -0.2) is 8.42 Å². The number of nitrogens with zero attached hydrogens (tertiary/aromatic N) is 1. The Balaban J connectivity index is 2.12. The lowest BCUT2D eigenvalue weighted by molar-refractivity contribution is -0.126. The zero-order chi connectivity index (χ0) is 18.9. The molecule has 0 saturated carbocycles. The Morgan fingerprint density at radius 2 is 1.73 bits per heavy atom. The molecule has 3 rings (SSSR count). The van der Waals surface area contributed by atoms with Gasteiger partial charge in [-0.3, -0.25) is 4.79 Å². The number of ether oxygens (including phenoxy) is 1. The lowest BCUT2D eigenvalue weighted by Crippen LogP contribution is -2.52. The van der Waals surface area contributed by atoms with Gasteiger partial charge in [0, 0.05) is 13.1 Å². The lowest BCUT2D eigenvalue weighted by atomic mass is 10.1. The SMILES string of the molecule is COc1cc(C)c(S(=O)(=O)N2CCNC(=O)C2c2ccccc2)c(C)c1. The predicted molar refractivity (Wildman–Crippen MR) is 98.6 cm³/mol. The Hall–Kier alpha value is -2.38. The standard InChI is InChI=1S/C19H22N2O4S/c1-13-11-16(25-3)12-14(2)18(13)26(23,24)21-10-9-20-19(22)17(21)15-7-5-4-6-8-15/h4-8,11-12,17H,9-10H2,1-3H3,(H,20,22). The Morgan fingerprint density at radius 1 is 1.12 bits per heavy atom. The number of sulfonamides is 1. The summed E-state index contributed by atoms with van der Waals surface area (Å²) in [6.45, 7) is 3.99. The summed E-state index contributed by atoms with van der Waals surface area (Å²) < 4.78 is 33.4. The van der Waals surface area contributed by atoms with Crippen molar-refractivity contribution >= 4 is 15.9 Å². The number of carbonyl (C=O) groups excluding carboxylic acids is 1. The highest BCUT2D eigenvalue weighted by Gasteiger charge is 2.40. The molecule has 1 saturated heterocycles. The highest BCUT2D eigenvalue weighted by Crippen LogP contribution is 2.34. The van der Waals surface area contributed by atoms with E-state index >= 15 is 0 Å². The fourth-order valence-electron chi connectivity index (χ4n) is 3.41. The molecule has 1 aliphatic heterocycles. The molecule has 6 nitrogen and oxygen atoms in total. The van der Waals surface area contributed by atoms with Crippen LogP contribution < -0.4 is 10.1 Å². The van der Waals surface area contributed by atoms with Gasteiger partial charge in [-0.1, -0.05) is 30.3 Å². The normalized spacial score (nSPS) is 18.4. The molecule has 1 heterocycles. The third-order valence-electron chi connectivity index (χ3n) is 4.52. The van der Waals surface area contributed by atoms with Crippen molar-refractivity contribution in [1.82, 2.24) is 9.62 Å². The highest BCUT2D eigenvalue weighted by atomic mass is 32.2. The first kappa shape index (κ1) is 18.4. The average molecular weight is 374 g/mol. The van der Waals surface area contributed by atoms with Crippen molar-refractivity contribution in [2.24, 2.45) is 0 Å². The number of hydrogen-bond acceptors (Lipinski definition) is 4. The van der Waals surface area contributed by atoms with E-state index in [0.717, 1.165) is 0 Å². The number of methoxy groups -OCH3 is 1. The molecule has 1 N–H and O–H groups in total. The molecule has 1 unspecified atom stereocenters. The fourth-order valence-corrected chi connectivity index (χ4v) is 5.40. The highest BCUT2D eigenvalue weighted by molar-refractivity contribution is 7.89. The van der Waals surface area contributed by atoms with Crippen molar-refractivity contribution in [1.29, 1.82) is 0 Å². The van der Waals surface area contributed by atoms with Crippen LogP contribution in [-0.2, 0) is 14.8 Å². The minimum Gasteiger partial charge on any atom is -0.497 e. The smallest absolute Gasteiger partial charge is 0.244 e. The number of benzene rings is 2. The second kappa shape index (κ2) is 7.09. The topological polar surface area (TPSA) is 75.7 Å². The summed E-state index contributed by atoms with van der Waals surface area (Å²) in [7, 11) is -2.32. The van der Waals surface area contributed by atoms with Gasteiger partial charge in [-0.2, -0.15) is 4.31 Å². The summed E-state index contributed by atoms with van der Waals surface area (Å²) in [6.07, 6.45) is 0.